The lowest BCUT2D eigenvalue weighted by Gasteiger charge is -2.39. The zero-order chi connectivity index (χ0) is 74.1. The smallest absolute Gasteiger partial charge is 0.410 e. The van der Waals surface area contributed by atoms with E-state index in [-0.39, 0.29) is 85.2 Å². The summed E-state index contributed by atoms with van der Waals surface area (Å²) in [5.74, 6) is -17.8. The average Bonchev–Trinajstić information content (AvgIpc) is 0.768. The minimum Gasteiger partial charge on any atom is -0.508 e. The number of benzene rings is 5. The lowest BCUT2D eigenvalue weighted by Crippen LogP contribution is -2.60. The van der Waals surface area contributed by atoms with E-state index in [4.69, 9.17) is 52.6 Å². The van der Waals surface area contributed by atoms with Crippen molar-refractivity contribution in [3.8, 4) is 57.1 Å². The van der Waals surface area contributed by atoms with Crippen molar-refractivity contribution in [3.05, 3.63) is 117 Å². The average molecular weight is 1440 g/mol. The van der Waals surface area contributed by atoms with Crippen molar-refractivity contribution in [2.24, 2.45) is 23.5 Å². The Morgan fingerprint density at radius 3 is 1.88 bits per heavy atom. The van der Waals surface area contributed by atoms with Crippen molar-refractivity contribution in [2.45, 2.75) is 165 Å². The number of primary amides is 1. The first-order valence-electron chi connectivity index (χ1n) is 32.3. The van der Waals surface area contributed by atoms with E-state index >= 15 is 24.0 Å². The Morgan fingerprint density at radius 1 is 0.693 bits per heavy atom. The molecule has 0 saturated carbocycles. The van der Waals surface area contributed by atoms with Crippen LogP contribution < -0.4 is 41.2 Å². The molecule has 5 aromatic rings. The van der Waals surface area contributed by atoms with Crippen molar-refractivity contribution in [1.82, 2.24) is 26.2 Å². The molecule has 14 atom stereocenters. The predicted molar refractivity (Wildman–Crippen MR) is 357 cm³/mol. The van der Waals surface area contributed by atoms with E-state index in [1.807, 2.05) is 0 Å². The maximum absolute atomic E-state index is 16.1. The van der Waals surface area contributed by atoms with E-state index in [1.54, 1.807) is 48.5 Å². The van der Waals surface area contributed by atoms with Gasteiger partial charge in [-0.1, -0.05) is 69.1 Å². The Morgan fingerprint density at radius 2 is 1.31 bits per heavy atom. The summed E-state index contributed by atoms with van der Waals surface area (Å²) in [6, 6.07) is 5.00. The van der Waals surface area contributed by atoms with Gasteiger partial charge in [0.15, 0.2) is 28.8 Å². The van der Waals surface area contributed by atoms with Crippen LogP contribution >= 0.6 is 23.2 Å². The molecule has 1 fully saturated rings. The van der Waals surface area contributed by atoms with Crippen LogP contribution in [0.4, 0.5) is 4.79 Å². The van der Waals surface area contributed by atoms with E-state index in [2.05, 4.69) is 21.3 Å². The summed E-state index contributed by atoms with van der Waals surface area (Å²) in [5.41, 5.74) is 2.93. The second kappa shape index (κ2) is 31.0. The van der Waals surface area contributed by atoms with Gasteiger partial charge in [0.25, 0.3) is 0 Å². The number of hydrogen-bond donors (Lipinski definition) is 14. The van der Waals surface area contributed by atoms with Gasteiger partial charge in [-0.2, -0.15) is 0 Å². The number of ketones is 3. The summed E-state index contributed by atoms with van der Waals surface area (Å²) >= 11 is 14.1. The van der Waals surface area contributed by atoms with Crippen LogP contribution in [0.2, 0.25) is 10.0 Å². The van der Waals surface area contributed by atoms with E-state index < -0.39 is 204 Å². The Labute approximate surface area is 588 Å². The standard InChI is InChI=1S/C70H80Cl2N6O23/c1-28(2)15-41(78(8)69(96)101-70(5,6)7)66(94)76-56-45(84)20-34(23-52(73)86)64(92)74-54-33-21-49(97-47-13-10-31(58(56)87)18-39(47)71)63(100-68-62(91)61(90)60(89)51(27-79)99-68)50(22-33)98-48-14-11-32(19-40(48)72)59(88)57-67(95)75-55(44(83)16-29(3)4)38-24-35(80)25-43(82)53(38)37-17-30(9-12-42(37)81)36(26-46(54)85)65(93)77-57/h9-14,17-19,21-22,24-25,28-29,34,36,41,51,54-62,68,79-82,87-91H,15-16,20,23,26-27H2,1-8H3,(H2,73,86)(H,74,92)(H,75,95)(H,76,94)(H,77,93)/t34-,36+,41+,51+,54+,55-,56-,57-,58+,59+,60+,61-,62+,68-/m0/s1. The number of aliphatic hydroxyl groups excluding tert-OH is 6. The number of phenols is 3. The van der Waals surface area contributed by atoms with Crippen LogP contribution in [0.5, 0.6) is 46.0 Å². The quantitative estimate of drug-likeness (QED) is 0.0735. The highest BCUT2D eigenvalue weighted by atomic mass is 35.5. The second-order valence-electron chi connectivity index (χ2n) is 27.3. The number of hydrogen-bond acceptors (Lipinski definition) is 23. The number of phenolic OH excluding ortho intramolecular Hbond substituents is 3. The van der Waals surface area contributed by atoms with Crippen molar-refractivity contribution in [2.75, 3.05) is 13.7 Å². The first-order valence-corrected chi connectivity index (χ1v) is 33.1. The van der Waals surface area contributed by atoms with Crippen LogP contribution in [-0.2, 0) is 47.8 Å². The predicted octanol–water partition coefficient (Wildman–Crippen LogP) is 5.02. The number of nitrogens with two attached hydrogens (primary N) is 1. The number of rotatable bonds is 13. The lowest BCUT2D eigenvalue weighted by atomic mass is 9.84. The lowest BCUT2D eigenvalue weighted by molar-refractivity contribution is -0.277. The minimum atomic E-state index is -2.19. The molecule has 11 bridgehead atoms. The van der Waals surface area contributed by atoms with Crippen LogP contribution in [0.25, 0.3) is 11.1 Å². The largest absolute Gasteiger partial charge is 0.508 e. The molecule has 0 aromatic heterocycles. The molecule has 542 valence electrons. The molecule has 5 aromatic carbocycles. The molecule has 6 aliphatic rings. The third kappa shape index (κ3) is 17.1. The molecule has 6 heterocycles. The molecule has 0 radical (unpaired) electrons. The van der Waals surface area contributed by atoms with Gasteiger partial charge in [0.1, 0.15) is 101 Å². The third-order valence-corrected chi connectivity index (χ3v) is 18.0. The summed E-state index contributed by atoms with van der Waals surface area (Å²) in [6.07, 6.45) is -18.3. The van der Waals surface area contributed by atoms with Crippen molar-refractivity contribution in [3.63, 3.8) is 0 Å². The Balaban J connectivity index is 1.30. The molecular weight excluding hydrogens is 1360 g/mol. The molecule has 0 aliphatic carbocycles. The topological polar surface area (TPSA) is 459 Å². The molecule has 6 amide bonds. The van der Waals surface area contributed by atoms with Crippen molar-refractivity contribution < 1.29 is 113 Å². The number of amides is 6. The number of carbonyl (C=O) groups is 9. The first-order chi connectivity index (χ1) is 47.4. The van der Waals surface area contributed by atoms with Gasteiger partial charge in [-0.15, -0.1) is 0 Å². The number of fused-ring (bicyclic) bond motifs is 15. The molecule has 15 N–H and O–H groups in total. The minimum absolute atomic E-state index is 0.0226. The van der Waals surface area contributed by atoms with Gasteiger partial charge < -0.3 is 96.6 Å². The summed E-state index contributed by atoms with van der Waals surface area (Å²) < 4.78 is 30.7. The molecule has 1 saturated heterocycles. The zero-order valence-electron chi connectivity index (χ0n) is 56.0. The highest BCUT2D eigenvalue weighted by Crippen LogP contribution is 2.50. The van der Waals surface area contributed by atoms with Crippen molar-refractivity contribution in [1.29, 1.82) is 0 Å². The number of halogens is 2. The number of aliphatic hydroxyl groups is 6. The highest BCUT2D eigenvalue weighted by molar-refractivity contribution is 6.32. The van der Waals surface area contributed by atoms with Crippen LogP contribution in [0.1, 0.15) is 139 Å². The fourth-order valence-electron chi connectivity index (χ4n) is 12.3. The molecule has 0 spiro atoms. The van der Waals surface area contributed by atoms with E-state index in [0.29, 0.717) is 0 Å². The Kier molecular flexibility index (Phi) is 23.3. The van der Waals surface area contributed by atoms with Crippen molar-refractivity contribution >= 4 is 76.2 Å². The van der Waals surface area contributed by atoms with Gasteiger partial charge in [-0.3, -0.25) is 43.3 Å². The fraction of sp³-hybridized carbons (Fsp3) is 0.443. The van der Waals surface area contributed by atoms with Gasteiger partial charge in [-0.05, 0) is 121 Å². The Bertz CT molecular complexity index is 4070. The van der Waals surface area contributed by atoms with Crippen LogP contribution in [0.3, 0.4) is 0 Å². The Hall–Kier alpha value is -9.17. The molecular formula is C70H80Cl2N6O23. The van der Waals surface area contributed by atoms with Crippen LogP contribution in [-0.4, -0.2) is 172 Å². The second-order valence-corrected chi connectivity index (χ2v) is 28.1. The van der Waals surface area contributed by atoms with Gasteiger partial charge in [0, 0.05) is 49.9 Å². The highest BCUT2D eigenvalue weighted by Gasteiger charge is 2.47. The number of carbonyl (C=O) groups excluding carboxylic acids is 9. The summed E-state index contributed by atoms with van der Waals surface area (Å²) in [6.45, 7) is 10.8. The maximum Gasteiger partial charge on any atom is 0.410 e. The maximum atomic E-state index is 16.1. The normalized spacial score (nSPS) is 25.1. The molecule has 0 unspecified atom stereocenters. The molecule has 6 aliphatic heterocycles. The SMILES string of the molecule is CC(C)CC(=O)[C@H]1NC(=O)[C@H]2NC(=O)[C@H](CC(=O)[C@@H]3NC(=O)[C@H](CC(N)=O)CC(=O)[C@H](NC(=O)[C@@H](CC(C)C)N(C)C(=O)OC(C)(C)C)[C@H](O)c4ccc(c(Cl)c4)Oc4cc3cc(c4O[C@@H]3O[C@H](CO)[C@@H](O)[C@H](O)[C@H]3O)Oc3ccc(cc3Cl)[C@H]2O)c2ccc(O)c(c2)-c2c(O)cc(O)cc21. The molecule has 11 rings (SSSR count). The first kappa shape index (κ1) is 76.0. The summed E-state index contributed by atoms with van der Waals surface area (Å²) in [5, 5.41) is 113. The number of nitrogens with zero attached hydrogens (tertiary/aromatic N) is 1. The van der Waals surface area contributed by atoms with Gasteiger partial charge in [-0.25, -0.2) is 4.79 Å². The summed E-state index contributed by atoms with van der Waals surface area (Å²) in [4.78, 5) is 134. The molecule has 101 heavy (non-hydrogen) atoms. The van der Waals surface area contributed by atoms with E-state index in [9.17, 15) is 65.1 Å². The number of aromatic hydroxyl groups is 3. The number of ether oxygens (including phenoxy) is 5. The number of Topliss-reactive ketones (excluding diaryl/α,β-unsaturated/α-hetero) is 3. The summed E-state index contributed by atoms with van der Waals surface area (Å²) in [7, 11) is 1.29. The van der Waals surface area contributed by atoms with E-state index in [0.717, 1.165) is 47.4 Å². The van der Waals surface area contributed by atoms with Crippen LogP contribution in [0.15, 0.2) is 78.9 Å². The molecule has 31 heteroatoms. The fourth-order valence-corrected chi connectivity index (χ4v) is 12.8. The number of likely N-dealkylation sites (N-methyl/N-ethyl adjacent to an activating group) is 1. The zero-order valence-corrected chi connectivity index (χ0v) is 57.5. The van der Waals surface area contributed by atoms with E-state index in [1.165, 1.54) is 43.4 Å². The number of nitrogens with one attached hydrogen (secondary N) is 4. The third-order valence-electron chi connectivity index (χ3n) is 17.4. The van der Waals surface area contributed by atoms with Gasteiger partial charge in [0.05, 0.1) is 28.5 Å². The molecule has 29 nitrogen and oxygen atoms in total. The van der Waals surface area contributed by atoms with Crippen LogP contribution in [0, 0.1) is 17.8 Å². The monoisotopic (exact) mass is 1440 g/mol. The van der Waals surface area contributed by atoms with Gasteiger partial charge in [0.2, 0.25) is 41.6 Å². The van der Waals surface area contributed by atoms with Gasteiger partial charge >= 0.3 is 6.09 Å².